The number of Topliss-reactive ketones (excluding diaryl/α,β-unsaturated/α-hetero) is 1. The Bertz CT molecular complexity index is 343. The van der Waals surface area contributed by atoms with E-state index in [1.807, 2.05) is 6.92 Å². The number of rotatable bonds is 9. The lowest BCUT2D eigenvalue weighted by atomic mass is 9.90. The average Bonchev–Trinajstić information content (AvgIpc) is 2.49. The Morgan fingerprint density at radius 1 is 1.43 bits per heavy atom. The molecule has 0 aromatic rings. The Morgan fingerprint density at radius 3 is 2.62 bits per heavy atom. The normalized spacial score (nSPS) is 24.0. The lowest BCUT2D eigenvalue weighted by molar-refractivity contribution is -0.137. The molecule has 1 saturated heterocycles. The lowest BCUT2D eigenvalue weighted by Crippen LogP contribution is -2.52. The number of ketones is 1. The fraction of sp³-hybridized carbons (Fsp3) is 0.800. The van der Waals surface area contributed by atoms with Crippen molar-refractivity contribution in [1.29, 1.82) is 0 Å². The molecule has 1 aliphatic heterocycles. The van der Waals surface area contributed by atoms with Crippen LogP contribution in [0.3, 0.4) is 0 Å². The molecule has 1 rings (SSSR count). The van der Waals surface area contributed by atoms with E-state index in [4.69, 9.17) is 18.3 Å². The molecule has 0 bridgehead atoms. The molecule has 1 aliphatic rings. The maximum absolute atomic E-state index is 12.4. The Balaban J connectivity index is 2.94. The van der Waals surface area contributed by atoms with E-state index in [2.05, 4.69) is 6.58 Å². The molecule has 0 aromatic heterocycles. The summed E-state index contributed by atoms with van der Waals surface area (Å²) in [5.74, 6) is -0.0602. The lowest BCUT2D eigenvalue weighted by Gasteiger charge is -2.38. The molecule has 0 spiro atoms. The standard InChI is InChI=1S/C15H28O5Si/c1-6-9-19-14(13(16)11(2)3)12-8-7-10-20-15(12)21(17-4)18-5/h12,14-15,21H,2,6-10H2,1,3-5H3. The SMILES string of the molecule is C=C(C)C(=O)C(OCCC)C1CCCOC1[SiH](OC)OC. The predicted molar refractivity (Wildman–Crippen MR) is 83.5 cm³/mol. The van der Waals surface area contributed by atoms with Gasteiger partial charge < -0.3 is 18.3 Å². The number of hydrogen-bond acceptors (Lipinski definition) is 5. The first-order chi connectivity index (χ1) is 10.1. The van der Waals surface area contributed by atoms with Crippen molar-refractivity contribution in [2.24, 2.45) is 5.92 Å². The summed E-state index contributed by atoms with van der Waals surface area (Å²) in [6.45, 7) is 8.76. The van der Waals surface area contributed by atoms with Crippen LogP contribution in [0.2, 0.25) is 0 Å². The molecular formula is C15H28O5Si. The second kappa shape index (κ2) is 9.48. The minimum atomic E-state index is -1.98. The van der Waals surface area contributed by atoms with Crippen molar-refractivity contribution in [2.45, 2.75) is 44.9 Å². The van der Waals surface area contributed by atoms with Gasteiger partial charge in [-0.05, 0) is 31.8 Å². The Hall–Kier alpha value is -0.533. The van der Waals surface area contributed by atoms with Gasteiger partial charge in [-0.1, -0.05) is 13.5 Å². The summed E-state index contributed by atoms with van der Waals surface area (Å²) in [6, 6.07) is 0. The van der Waals surface area contributed by atoms with Gasteiger partial charge in [0, 0.05) is 33.4 Å². The van der Waals surface area contributed by atoms with E-state index in [1.54, 1.807) is 21.1 Å². The largest absolute Gasteiger partial charge is 0.398 e. The zero-order chi connectivity index (χ0) is 15.8. The van der Waals surface area contributed by atoms with Crippen molar-refractivity contribution >= 4 is 15.1 Å². The van der Waals surface area contributed by atoms with Gasteiger partial charge in [0.15, 0.2) is 5.78 Å². The van der Waals surface area contributed by atoms with E-state index in [0.717, 1.165) is 19.3 Å². The second-order valence-corrected chi connectivity index (χ2v) is 7.75. The van der Waals surface area contributed by atoms with E-state index >= 15 is 0 Å². The molecule has 6 heteroatoms. The average molecular weight is 316 g/mol. The van der Waals surface area contributed by atoms with Crippen LogP contribution in [-0.4, -0.2) is 54.3 Å². The molecule has 0 N–H and O–H groups in total. The van der Waals surface area contributed by atoms with Gasteiger partial charge in [0.1, 0.15) is 11.8 Å². The quantitative estimate of drug-likeness (QED) is 0.479. The molecule has 0 saturated carbocycles. The Morgan fingerprint density at radius 2 is 2.10 bits per heavy atom. The molecule has 3 unspecified atom stereocenters. The molecule has 1 heterocycles. The third-order valence-corrected chi connectivity index (χ3v) is 5.87. The molecular weight excluding hydrogens is 288 g/mol. The first kappa shape index (κ1) is 18.5. The minimum Gasteiger partial charge on any atom is -0.398 e. The maximum Gasteiger partial charge on any atom is 0.351 e. The summed E-state index contributed by atoms with van der Waals surface area (Å²) in [7, 11) is 1.30. The smallest absolute Gasteiger partial charge is 0.351 e. The minimum absolute atomic E-state index is 0.0222. The summed E-state index contributed by atoms with van der Waals surface area (Å²) in [6.07, 6.45) is 2.17. The van der Waals surface area contributed by atoms with Gasteiger partial charge in [-0.2, -0.15) is 0 Å². The van der Waals surface area contributed by atoms with Gasteiger partial charge >= 0.3 is 9.28 Å². The number of hydrogen-bond donors (Lipinski definition) is 0. The molecule has 1 fully saturated rings. The third-order valence-electron chi connectivity index (χ3n) is 3.72. The number of carbonyl (C=O) groups is 1. The second-order valence-electron chi connectivity index (χ2n) is 5.42. The van der Waals surface area contributed by atoms with E-state index < -0.39 is 15.4 Å². The Labute approximate surface area is 129 Å². The predicted octanol–water partition coefficient (Wildman–Crippen LogP) is 1.77. The fourth-order valence-electron chi connectivity index (χ4n) is 2.68. The van der Waals surface area contributed by atoms with Crippen LogP contribution < -0.4 is 0 Å². The van der Waals surface area contributed by atoms with Crippen LogP contribution in [0.4, 0.5) is 0 Å². The molecule has 3 atom stereocenters. The van der Waals surface area contributed by atoms with Gasteiger partial charge in [-0.15, -0.1) is 0 Å². The van der Waals surface area contributed by atoms with E-state index in [0.29, 0.717) is 18.8 Å². The monoisotopic (exact) mass is 316 g/mol. The summed E-state index contributed by atoms with van der Waals surface area (Å²) in [5.41, 5.74) is 0.354. The van der Waals surface area contributed by atoms with Gasteiger partial charge in [-0.25, -0.2) is 0 Å². The topological polar surface area (TPSA) is 54.0 Å². The van der Waals surface area contributed by atoms with Crippen LogP contribution >= 0.6 is 0 Å². The Kier molecular flexibility index (Phi) is 8.36. The highest BCUT2D eigenvalue weighted by Crippen LogP contribution is 2.29. The van der Waals surface area contributed by atoms with Gasteiger partial charge in [0.05, 0.1) is 0 Å². The van der Waals surface area contributed by atoms with Crippen LogP contribution in [0.25, 0.3) is 0 Å². The summed E-state index contributed by atoms with van der Waals surface area (Å²) in [5, 5.41) is 0. The zero-order valence-corrected chi connectivity index (χ0v) is 14.7. The van der Waals surface area contributed by atoms with Crippen LogP contribution in [-0.2, 0) is 23.1 Å². The summed E-state index contributed by atoms with van der Waals surface area (Å²) >= 11 is 0. The van der Waals surface area contributed by atoms with E-state index in [1.165, 1.54) is 0 Å². The first-order valence-electron chi connectivity index (χ1n) is 7.55. The molecule has 21 heavy (non-hydrogen) atoms. The highest BCUT2D eigenvalue weighted by molar-refractivity contribution is 6.46. The van der Waals surface area contributed by atoms with E-state index in [9.17, 15) is 4.79 Å². The third kappa shape index (κ3) is 5.00. The first-order valence-corrected chi connectivity index (χ1v) is 9.16. The zero-order valence-electron chi connectivity index (χ0n) is 13.6. The highest BCUT2D eigenvalue weighted by Gasteiger charge is 2.43. The molecule has 0 radical (unpaired) electrons. The highest BCUT2D eigenvalue weighted by atomic mass is 28.3. The molecule has 5 nitrogen and oxygen atoms in total. The number of ether oxygens (including phenoxy) is 2. The number of carbonyl (C=O) groups excluding carboxylic acids is 1. The van der Waals surface area contributed by atoms with Crippen LogP contribution in [0.15, 0.2) is 12.2 Å². The van der Waals surface area contributed by atoms with Crippen molar-refractivity contribution in [3.63, 3.8) is 0 Å². The van der Waals surface area contributed by atoms with Gasteiger partial charge in [-0.3, -0.25) is 4.79 Å². The molecule has 0 amide bonds. The summed E-state index contributed by atoms with van der Waals surface area (Å²) < 4.78 is 22.7. The van der Waals surface area contributed by atoms with Crippen molar-refractivity contribution in [1.82, 2.24) is 0 Å². The van der Waals surface area contributed by atoms with Crippen LogP contribution in [0.1, 0.15) is 33.1 Å². The molecule has 0 aliphatic carbocycles. The van der Waals surface area contributed by atoms with Crippen molar-refractivity contribution in [3.8, 4) is 0 Å². The van der Waals surface area contributed by atoms with Crippen molar-refractivity contribution < 1.29 is 23.1 Å². The molecule has 122 valence electrons. The summed E-state index contributed by atoms with van der Waals surface area (Å²) in [4.78, 5) is 12.4. The van der Waals surface area contributed by atoms with Gasteiger partial charge in [0.25, 0.3) is 0 Å². The van der Waals surface area contributed by atoms with E-state index in [-0.39, 0.29) is 17.4 Å². The maximum atomic E-state index is 12.4. The van der Waals surface area contributed by atoms with Crippen molar-refractivity contribution in [2.75, 3.05) is 27.4 Å². The van der Waals surface area contributed by atoms with Crippen molar-refractivity contribution in [3.05, 3.63) is 12.2 Å². The van der Waals surface area contributed by atoms with Gasteiger partial charge in [0.2, 0.25) is 0 Å². The fourth-order valence-corrected chi connectivity index (χ4v) is 4.50. The van der Waals surface area contributed by atoms with Crippen LogP contribution in [0.5, 0.6) is 0 Å². The molecule has 0 aromatic carbocycles. The van der Waals surface area contributed by atoms with Crippen LogP contribution in [0, 0.1) is 5.92 Å².